The summed E-state index contributed by atoms with van der Waals surface area (Å²) in [7, 11) is 0. The fraction of sp³-hybridized carbons (Fsp3) is 0.333. The number of cyclic esters (lactones) is 4. The van der Waals surface area contributed by atoms with E-state index in [0.29, 0.717) is 0 Å². The fourth-order valence-corrected chi connectivity index (χ4v) is 2.22. The van der Waals surface area contributed by atoms with Gasteiger partial charge in [0, 0.05) is 5.57 Å². The Balaban J connectivity index is 2.21. The van der Waals surface area contributed by atoms with Crippen LogP contribution in [0.5, 0.6) is 0 Å². The van der Waals surface area contributed by atoms with Crippen molar-refractivity contribution in [1.82, 2.24) is 0 Å². The molecule has 2 fully saturated rings. The van der Waals surface area contributed by atoms with Crippen LogP contribution in [0, 0.1) is 11.8 Å². The lowest BCUT2D eigenvalue weighted by molar-refractivity contribution is -0.167. The minimum absolute atomic E-state index is 0.0147. The normalized spacial score (nSPS) is 33.1. The second-order valence-corrected chi connectivity index (χ2v) is 3.60. The molecule has 0 amide bonds. The summed E-state index contributed by atoms with van der Waals surface area (Å²) in [5.74, 6) is -4.86. The Kier molecular flexibility index (Phi) is 1.30. The van der Waals surface area contributed by atoms with Gasteiger partial charge in [0.15, 0.2) is 0 Å². The van der Waals surface area contributed by atoms with Crippen LogP contribution in [-0.2, 0) is 28.7 Å². The number of carbonyl (C=O) groups excluding carboxylic acids is 4. The van der Waals surface area contributed by atoms with E-state index in [0.717, 1.165) is 0 Å². The molecule has 0 radical (unpaired) electrons. The van der Waals surface area contributed by atoms with Gasteiger partial charge in [0.1, 0.15) is 5.92 Å². The van der Waals surface area contributed by atoms with E-state index in [1.165, 1.54) is 0 Å². The quantitative estimate of drug-likeness (QED) is 0.378. The van der Waals surface area contributed by atoms with Crippen LogP contribution >= 0.6 is 0 Å². The van der Waals surface area contributed by atoms with Gasteiger partial charge in [0.25, 0.3) is 0 Å². The molecular formula is C9H4O6. The van der Waals surface area contributed by atoms with E-state index < -0.39 is 35.7 Å². The van der Waals surface area contributed by atoms with Gasteiger partial charge in [-0.2, -0.15) is 0 Å². The zero-order valence-corrected chi connectivity index (χ0v) is 7.31. The molecule has 15 heavy (non-hydrogen) atoms. The molecule has 0 N–H and O–H groups in total. The predicted octanol–water partition coefficient (Wildman–Crippen LogP) is -0.914. The topological polar surface area (TPSA) is 86.7 Å². The van der Waals surface area contributed by atoms with Crippen LogP contribution in [0.25, 0.3) is 0 Å². The van der Waals surface area contributed by atoms with Crippen LogP contribution < -0.4 is 0 Å². The summed E-state index contributed by atoms with van der Waals surface area (Å²) in [5.41, 5.74) is 0.126. The number of ether oxygens (including phenoxy) is 2. The Hall–Kier alpha value is -1.98. The summed E-state index contributed by atoms with van der Waals surface area (Å²) in [6.07, 6.45) is 0.110. The predicted molar refractivity (Wildman–Crippen MR) is 40.8 cm³/mol. The molecule has 0 aromatic heterocycles. The van der Waals surface area contributed by atoms with E-state index in [4.69, 9.17) is 0 Å². The van der Waals surface area contributed by atoms with E-state index in [1.54, 1.807) is 0 Å². The van der Waals surface area contributed by atoms with Crippen molar-refractivity contribution in [1.29, 1.82) is 0 Å². The van der Waals surface area contributed by atoms with Gasteiger partial charge in [0.05, 0.1) is 11.5 Å². The third-order valence-corrected chi connectivity index (χ3v) is 2.87. The maximum Gasteiger partial charge on any atom is 0.343 e. The molecule has 2 bridgehead atoms. The molecule has 1 aliphatic carbocycles. The SMILES string of the molecule is O=C1OC(=O)C2CC1=C1C(=O)OC(=O)C12. The Morgan fingerprint density at radius 1 is 0.933 bits per heavy atom. The van der Waals surface area contributed by atoms with Gasteiger partial charge in [-0.3, -0.25) is 9.59 Å². The lowest BCUT2D eigenvalue weighted by Crippen LogP contribution is -2.31. The van der Waals surface area contributed by atoms with Crippen LogP contribution in [0.2, 0.25) is 0 Å². The first-order chi connectivity index (χ1) is 7.09. The van der Waals surface area contributed by atoms with Gasteiger partial charge >= 0.3 is 23.9 Å². The molecule has 0 aromatic rings. The molecule has 2 saturated heterocycles. The van der Waals surface area contributed by atoms with Gasteiger partial charge in [-0.25, -0.2) is 9.59 Å². The van der Waals surface area contributed by atoms with Crippen molar-refractivity contribution in [3.05, 3.63) is 11.1 Å². The van der Waals surface area contributed by atoms with Gasteiger partial charge in [-0.1, -0.05) is 0 Å². The summed E-state index contributed by atoms with van der Waals surface area (Å²) < 4.78 is 8.78. The lowest BCUT2D eigenvalue weighted by atomic mass is 9.93. The van der Waals surface area contributed by atoms with E-state index in [9.17, 15) is 19.2 Å². The molecule has 6 nitrogen and oxygen atoms in total. The number of hydrogen-bond acceptors (Lipinski definition) is 6. The maximum absolute atomic E-state index is 11.3. The third kappa shape index (κ3) is 0.835. The molecule has 3 aliphatic rings. The first-order valence-corrected chi connectivity index (χ1v) is 4.34. The summed E-state index contributed by atoms with van der Waals surface area (Å²) in [6.45, 7) is 0. The summed E-state index contributed by atoms with van der Waals surface area (Å²) in [5, 5.41) is 0. The zero-order valence-electron chi connectivity index (χ0n) is 7.31. The van der Waals surface area contributed by atoms with E-state index >= 15 is 0 Å². The van der Waals surface area contributed by atoms with Crippen molar-refractivity contribution < 1.29 is 28.7 Å². The van der Waals surface area contributed by atoms with Crippen LogP contribution in [0.4, 0.5) is 0 Å². The summed E-state index contributed by atoms with van der Waals surface area (Å²) in [6, 6.07) is 0. The van der Waals surface area contributed by atoms with Crippen molar-refractivity contribution in [3.8, 4) is 0 Å². The molecule has 3 rings (SSSR count). The Bertz CT molecular complexity index is 471. The molecule has 2 unspecified atom stereocenters. The highest BCUT2D eigenvalue weighted by Gasteiger charge is 2.57. The average Bonchev–Trinajstić information content (AvgIpc) is 2.63. The summed E-state index contributed by atoms with van der Waals surface area (Å²) >= 11 is 0. The average molecular weight is 208 g/mol. The first-order valence-electron chi connectivity index (χ1n) is 4.34. The van der Waals surface area contributed by atoms with Crippen LogP contribution in [0.1, 0.15) is 6.42 Å². The molecule has 2 heterocycles. The van der Waals surface area contributed by atoms with Crippen molar-refractivity contribution in [2.45, 2.75) is 6.42 Å². The second-order valence-electron chi connectivity index (χ2n) is 3.60. The molecule has 0 saturated carbocycles. The summed E-state index contributed by atoms with van der Waals surface area (Å²) in [4.78, 5) is 45.0. The number of esters is 4. The highest BCUT2D eigenvalue weighted by molar-refractivity contribution is 6.17. The highest BCUT2D eigenvalue weighted by atomic mass is 16.6. The molecule has 6 heteroatoms. The number of rotatable bonds is 0. The second kappa shape index (κ2) is 2.33. The number of fused-ring (bicyclic) bond motifs is 4. The number of carbonyl (C=O) groups is 4. The van der Waals surface area contributed by atoms with Crippen molar-refractivity contribution in [2.75, 3.05) is 0 Å². The molecule has 2 atom stereocenters. The fourth-order valence-electron chi connectivity index (χ4n) is 2.22. The molecule has 0 aromatic carbocycles. The van der Waals surface area contributed by atoms with Gasteiger partial charge in [-0.05, 0) is 6.42 Å². The van der Waals surface area contributed by atoms with Crippen LogP contribution in [0.3, 0.4) is 0 Å². The molecule has 2 aliphatic heterocycles. The van der Waals surface area contributed by atoms with Crippen molar-refractivity contribution in [2.24, 2.45) is 11.8 Å². The molecule has 76 valence electrons. The smallest absolute Gasteiger partial charge is 0.343 e. The standard InChI is InChI=1S/C9H4O6/c10-6-2-1-3(7(11)14-6)5-4(2)8(12)15-9(5)13/h2,4H,1H2. The third-order valence-electron chi connectivity index (χ3n) is 2.87. The number of hydrogen-bond donors (Lipinski definition) is 0. The molecule has 0 spiro atoms. The van der Waals surface area contributed by atoms with E-state index in [-0.39, 0.29) is 17.6 Å². The van der Waals surface area contributed by atoms with Gasteiger partial charge in [-0.15, -0.1) is 0 Å². The highest BCUT2D eigenvalue weighted by Crippen LogP contribution is 2.45. The Labute approximate surface area is 82.8 Å². The first kappa shape index (κ1) is 8.34. The van der Waals surface area contributed by atoms with Crippen LogP contribution in [0.15, 0.2) is 11.1 Å². The Morgan fingerprint density at radius 3 is 2.33 bits per heavy atom. The van der Waals surface area contributed by atoms with Crippen molar-refractivity contribution >= 4 is 23.9 Å². The van der Waals surface area contributed by atoms with Crippen molar-refractivity contribution in [3.63, 3.8) is 0 Å². The lowest BCUT2D eigenvalue weighted by Gasteiger charge is -2.16. The largest absolute Gasteiger partial charge is 0.389 e. The van der Waals surface area contributed by atoms with Crippen LogP contribution in [-0.4, -0.2) is 23.9 Å². The van der Waals surface area contributed by atoms with Gasteiger partial charge in [0.2, 0.25) is 0 Å². The maximum atomic E-state index is 11.3. The molecular weight excluding hydrogens is 204 g/mol. The van der Waals surface area contributed by atoms with Gasteiger partial charge < -0.3 is 9.47 Å². The monoisotopic (exact) mass is 208 g/mol. The van der Waals surface area contributed by atoms with E-state index in [1.807, 2.05) is 0 Å². The minimum Gasteiger partial charge on any atom is -0.389 e. The zero-order chi connectivity index (χ0) is 10.7. The minimum atomic E-state index is -0.925. The Morgan fingerprint density at radius 2 is 1.60 bits per heavy atom. The van der Waals surface area contributed by atoms with E-state index in [2.05, 4.69) is 9.47 Å².